The fourth-order valence-corrected chi connectivity index (χ4v) is 2.95. The molecule has 9 heteroatoms. The third-order valence-corrected chi connectivity index (χ3v) is 4.65. The first-order chi connectivity index (χ1) is 10.9. The third-order valence-electron chi connectivity index (χ3n) is 3.04. The van der Waals surface area contributed by atoms with Crippen molar-refractivity contribution in [2.75, 3.05) is 7.11 Å². The Morgan fingerprint density at radius 2 is 2.09 bits per heavy atom. The van der Waals surface area contributed by atoms with Gasteiger partial charge in [-0.25, -0.2) is 0 Å². The van der Waals surface area contributed by atoms with Crippen LogP contribution in [0.15, 0.2) is 22.7 Å². The van der Waals surface area contributed by atoms with Crippen LogP contribution in [0.2, 0.25) is 0 Å². The van der Waals surface area contributed by atoms with Gasteiger partial charge in [-0.05, 0) is 31.5 Å². The highest BCUT2D eigenvalue weighted by Crippen LogP contribution is 2.30. The Morgan fingerprint density at radius 1 is 1.35 bits per heavy atom. The zero-order chi connectivity index (χ0) is 17.0. The minimum atomic E-state index is -2.94. The average molecular weight is 346 g/mol. The fraction of sp³-hybridized carbons (Fsp3) is 0.429. The minimum Gasteiger partial charge on any atom is -0.493 e. The number of hydrogen-bond acceptors (Lipinski definition) is 6. The number of rotatable bonds is 7. The number of ether oxygens (including phenoxy) is 2. The predicted molar refractivity (Wildman–Crippen MR) is 78.9 cm³/mol. The van der Waals surface area contributed by atoms with E-state index in [1.807, 2.05) is 0 Å². The Hall–Kier alpha value is -2.03. The molecule has 0 amide bonds. The van der Waals surface area contributed by atoms with Crippen LogP contribution in [-0.2, 0) is 16.6 Å². The highest BCUT2D eigenvalue weighted by atomic mass is 32.2. The van der Waals surface area contributed by atoms with Crippen molar-refractivity contribution in [3.63, 3.8) is 0 Å². The zero-order valence-corrected chi connectivity index (χ0v) is 13.6. The zero-order valence-electron chi connectivity index (χ0n) is 12.8. The fourth-order valence-electron chi connectivity index (χ4n) is 1.88. The Bertz CT molecular complexity index is 693. The van der Waals surface area contributed by atoms with Crippen LogP contribution in [0.4, 0.5) is 8.78 Å². The molecule has 126 valence electrons. The molecule has 0 aliphatic rings. The molecule has 6 nitrogen and oxygen atoms in total. The lowest BCUT2D eigenvalue weighted by molar-refractivity contribution is -0.0512. The molecule has 0 radical (unpaired) electrons. The van der Waals surface area contributed by atoms with Crippen LogP contribution < -0.4 is 9.47 Å². The summed E-state index contributed by atoms with van der Waals surface area (Å²) in [4.78, 5) is 4.05. The smallest absolute Gasteiger partial charge is 0.387 e. The van der Waals surface area contributed by atoms with Crippen molar-refractivity contribution in [2.24, 2.45) is 0 Å². The number of aromatic nitrogens is 2. The van der Waals surface area contributed by atoms with Crippen molar-refractivity contribution >= 4 is 10.8 Å². The minimum absolute atomic E-state index is 0.0717. The van der Waals surface area contributed by atoms with Gasteiger partial charge in [0.15, 0.2) is 17.3 Å². The summed E-state index contributed by atoms with van der Waals surface area (Å²) in [5, 5.41) is 3.22. The van der Waals surface area contributed by atoms with Crippen LogP contribution in [0.1, 0.15) is 29.5 Å². The standard InChI is InChI=1S/C14H16F2N2O4S/c1-8(13-17-9(2)18-22-13)23(19)7-10-4-5-11(21-14(15)16)12(6-10)20-3/h4-6,8,14H,7H2,1-3H3. The number of aryl methyl sites for hydroxylation is 1. The second kappa shape index (κ2) is 7.49. The molecule has 2 unspecified atom stereocenters. The maximum atomic E-state index is 12.4. The van der Waals surface area contributed by atoms with Crippen molar-refractivity contribution in [3.8, 4) is 11.5 Å². The molecule has 0 spiro atoms. The first-order valence-corrected chi connectivity index (χ1v) is 8.08. The van der Waals surface area contributed by atoms with E-state index in [1.54, 1.807) is 19.9 Å². The summed E-state index contributed by atoms with van der Waals surface area (Å²) < 4.78 is 51.3. The molecule has 0 aliphatic heterocycles. The van der Waals surface area contributed by atoms with E-state index in [1.165, 1.54) is 19.2 Å². The van der Waals surface area contributed by atoms with E-state index in [2.05, 4.69) is 14.9 Å². The molecule has 0 saturated carbocycles. The molecule has 0 bridgehead atoms. The van der Waals surface area contributed by atoms with Crippen molar-refractivity contribution in [2.45, 2.75) is 31.5 Å². The van der Waals surface area contributed by atoms with Gasteiger partial charge in [0.1, 0.15) is 5.25 Å². The SMILES string of the molecule is COc1cc(CS(=O)C(C)c2nc(C)no2)ccc1OC(F)F. The Morgan fingerprint density at radius 3 is 2.65 bits per heavy atom. The van der Waals surface area contributed by atoms with Crippen molar-refractivity contribution in [3.05, 3.63) is 35.5 Å². The first-order valence-electron chi connectivity index (χ1n) is 6.69. The molecule has 2 aromatic rings. The first kappa shape index (κ1) is 17.3. The molecule has 0 N–H and O–H groups in total. The van der Waals surface area contributed by atoms with Crippen molar-refractivity contribution in [1.29, 1.82) is 0 Å². The second-order valence-corrected chi connectivity index (χ2v) is 6.47. The molecule has 1 heterocycles. The lowest BCUT2D eigenvalue weighted by atomic mass is 10.2. The van der Waals surface area contributed by atoms with Crippen LogP contribution in [0.5, 0.6) is 11.5 Å². The van der Waals surface area contributed by atoms with Gasteiger partial charge < -0.3 is 14.0 Å². The average Bonchev–Trinajstić information content (AvgIpc) is 2.93. The summed E-state index contributed by atoms with van der Waals surface area (Å²) in [5.74, 6) is 1.04. The third kappa shape index (κ3) is 4.47. The maximum Gasteiger partial charge on any atom is 0.387 e. The summed E-state index contributed by atoms with van der Waals surface area (Å²) in [7, 11) is 0.0237. The summed E-state index contributed by atoms with van der Waals surface area (Å²) in [6, 6.07) is 4.43. The molecule has 0 fully saturated rings. The Kier molecular flexibility index (Phi) is 5.64. The van der Waals surface area contributed by atoms with Crippen LogP contribution in [-0.4, -0.2) is 28.1 Å². The van der Waals surface area contributed by atoms with Gasteiger partial charge in [-0.2, -0.15) is 13.8 Å². The van der Waals surface area contributed by atoms with E-state index < -0.39 is 22.7 Å². The topological polar surface area (TPSA) is 74.5 Å². The van der Waals surface area contributed by atoms with E-state index in [4.69, 9.17) is 9.26 Å². The number of halogens is 2. The van der Waals surface area contributed by atoms with Gasteiger partial charge >= 0.3 is 6.61 Å². The number of alkyl halides is 2. The Balaban J connectivity index is 2.11. The summed E-state index contributed by atoms with van der Waals surface area (Å²) >= 11 is 0. The van der Waals surface area contributed by atoms with E-state index >= 15 is 0 Å². The molecule has 0 saturated heterocycles. The number of hydrogen-bond donors (Lipinski definition) is 0. The second-order valence-electron chi connectivity index (χ2n) is 4.71. The highest BCUT2D eigenvalue weighted by Gasteiger charge is 2.21. The molecule has 2 atom stereocenters. The van der Waals surface area contributed by atoms with Crippen LogP contribution in [0.3, 0.4) is 0 Å². The quantitative estimate of drug-likeness (QED) is 0.767. The molecular weight excluding hydrogens is 330 g/mol. The number of benzene rings is 1. The van der Waals surface area contributed by atoms with Crippen molar-refractivity contribution in [1.82, 2.24) is 10.1 Å². The van der Waals surface area contributed by atoms with E-state index in [-0.39, 0.29) is 17.3 Å². The van der Waals surface area contributed by atoms with Gasteiger partial charge in [-0.3, -0.25) is 4.21 Å². The van der Waals surface area contributed by atoms with Gasteiger partial charge in [-0.15, -0.1) is 0 Å². The summed E-state index contributed by atoms with van der Waals surface area (Å²) in [5.41, 5.74) is 0.657. The van der Waals surface area contributed by atoms with Gasteiger partial charge in [0, 0.05) is 16.6 Å². The largest absolute Gasteiger partial charge is 0.493 e. The predicted octanol–water partition coefficient (Wildman–Crippen LogP) is 3.00. The Labute approximate surface area is 134 Å². The summed E-state index contributed by atoms with van der Waals surface area (Å²) in [6.07, 6.45) is 0. The van der Waals surface area contributed by atoms with Gasteiger partial charge in [0.25, 0.3) is 0 Å². The monoisotopic (exact) mass is 346 g/mol. The van der Waals surface area contributed by atoms with Gasteiger partial charge in [0.2, 0.25) is 5.89 Å². The van der Waals surface area contributed by atoms with E-state index in [9.17, 15) is 13.0 Å². The molecule has 1 aromatic heterocycles. The maximum absolute atomic E-state index is 12.4. The lowest BCUT2D eigenvalue weighted by Crippen LogP contribution is -2.07. The highest BCUT2D eigenvalue weighted by molar-refractivity contribution is 7.84. The normalized spacial score (nSPS) is 13.8. The lowest BCUT2D eigenvalue weighted by Gasteiger charge is -2.12. The van der Waals surface area contributed by atoms with Gasteiger partial charge in [0.05, 0.1) is 7.11 Å². The molecular formula is C14H16F2N2O4S. The number of methoxy groups -OCH3 is 1. The summed E-state index contributed by atoms with van der Waals surface area (Å²) in [6.45, 7) is 0.453. The van der Waals surface area contributed by atoms with Crippen LogP contribution >= 0.6 is 0 Å². The van der Waals surface area contributed by atoms with Crippen LogP contribution in [0.25, 0.3) is 0 Å². The van der Waals surface area contributed by atoms with E-state index in [0.717, 1.165) is 0 Å². The van der Waals surface area contributed by atoms with Crippen molar-refractivity contribution < 1.29 is 27.0 Å². The van der Waals surface area contributed by atoms with Crippen LogP contribution in [0, 0.1) is 6.92 Å². The molecule has 23 heavy (non-hydrogen) atoms. The van der Waals surface area contributed by atoms with Gasteiger partial charge in [-0.1, -0.05) is 11.2 Å². The van der Waals surface area contributed by atoms with E-state index in [0.29, 0.717) is 17.3 Å². The molecule has 1 aromatic carbocycles. The molecule has 2 rings (SSSR count). The number of nitrogens with zero attached hydrogens (tertiary/aromatic N) is 2. The molecule has 0 aliphatic carbocycles.